The number of rotatable bonds is 5. The summed E-state index contributed by atoms with van der Waals surface area (Å²) in [5.41, 5.74) is 5.97. The van der Waals surface area contributed by atoms with E-state index in [1.54, 1.807) is 30.3 Å². The molecule has 0 aromatic heterocycles. The Labute approximate surface area is 112 Å². The van der Waals surface area contributed by atoms with E-state index in [-0.39, 0.29) is 12.8 Å². The average molecular weight is 299 g/mol. The molecule has 0 aliphatic carbocycles. The molecule has 114 valence electrons. The Morgan fingerprint density at radius 1 is 0.900 bits per heavy atom. The minimum Gasteiger partial charge on any atom is -0.327 e. The van der Waals surface area contributed by atoms with E-state index in [0.29, 0.717) is 6.42 Å². The van der Waals surface area contributed by atoms with Gasteiger partial charge in [-0.25, -0.2) is 0 Å². The van der Waals surface area contributed by atoms with Gasteiger partial charge in [-0.2, -0.15) is 26.3 Å². The molecular weight excluding hydrogens is 284 g/mol. The van der Waals surface area contributed by atoms with Gasteiger partial charge in [0, 0.05) is 6.04 Å². The smallest absolute Gasteiger partial charge is 0.327 e. The van der Waals surface area contributed by atoms with E-state index < -0.39 is 24.3 Å². The number of halogens is 6. The Balaban J connectivity index is 2.57. The second-order valence-electron chi connectivity index (χ2n) is 4.60. The van der Waals surface area contributed by atoms with Gasteiger partial charge in [0.1, 0.15) is 0 Å². The molecule has 1 rings (SSSR count). The lowest BCUT2D eigenvalue weighted by atomic mass is 9.93. The minimum absolute atomic E-state index is 0.174. The van der Waals surface area contributed by atoms with Crippen LogP contribution in [0.25, 0.3) is 0 Å². The molecule has 0 bridgehead atoms. The van der Waals surface area contributed by atoms with Crippen LogP contribution < -0.4 is 5.73 Å². The van der Waals surface area contributed by atoms with Crippen LogP contribution in [0.1, 0.15) is 18.4 Å². The summed E-state index contributed by atoms with van der Waals surface area (Å²) in [4.78, 5) is 0. The summed E-state index contributed by atoms with van der Waals surface area (Å²) in [5, 5.41) is 0. The molecule has 20 heavy (non-hydrogen) atoms. The highest BCUT2D eigenvalue weighted by Crippen LogP contribution is 2.41. The molecule has 0 saturated carbocycles. The van der Waals surface area contributed by atoms with Crippen molar-refractivity contribution in [2.45, 2.75) is 37.7 Å². The van der Waals surface area contributed by atoms with Gasteiger partial charge in [0.25, 0.3) is 0 Å². The van der Waals surface area contributed by atoms with Crippen molar-refractivity contribution in [3.8, 4) is 0 Å². The van der Waals surface area contributed by atoms with E-state index >= 15 is 0 Å². The maximum Gasteiger partial charge on any atom is 0.401 e. The second-order valence-corrected chi connectivity index (χ2v) is 4.60. The van der Waals surface area contributed by atoms with Crippen molar-refractivity contribution in [1.29, 1.82) is 0 Å². The number of hydrogen-bond acceptors (Lipinski definition) is 1. The SMILES string of the molecule is NC(CCCc1ccccc1)C(C(F)(F)F)C(F)(F)F. The highest BCUT2D eigenvalue weighted by Gasteiger charge is 2.59. The molecule has 0 amide bonds. The molecule has 1 unspecified atom stereocenters. The fourth-order valence-electron chi connectivity index (χ4n) is 2.02. The molecule has 0 spiro atoms. The van der Waals surface area contributed by atoms with Crippen LogP contribution in [0.5, 0.6) is 0 Å². The fraction of sp³-hybridized carbons (Fsp3) is 0.538. The maximum absolute atomic E-state index is 12.4. The first-order valence-electron chi connectivity index (χ1n) is 6.05. The van der Waals surface area contributed by atoms with Gasteiger partial charge in [-0.05, 0) is 24.8 Å². The molecular formula is C13H15F6N. The van der Waals surface area contributed by atoms with Gasteiger partial charge in [-0.15, -0.1) is 0 Å². The van der Waals surface area contributed by atoms with Crippen LogP contribution >= 0.6 is 0 Å². The quantitative estimate of drug-likeness (QED) is 0.815. The Morgan fingerprint density at radius 3 is 1.85 bits per heavy atom. The summed E-state index contributed by atoms with van der Waals surface area (Å²) >= 11 is 0. The Morgan fingerprint density at radius 2 is 1.40 bits per heavy atom. The Hall–Kier alpha value is -1.24. The van der Waals surface area contributed by atoms with Gasteiger partial charge in [0.05, 0.1) is 0 Å². The van der Waals surface area contributed by atoms with Crippen molar-refractivity contribution in [2.75, 3.05) is 0 Å². The van der Waals surface area contributed by atoms with Gasteiger partial charge in [-0.3, -0.25) is 0 Å². The number of nitrogens with two attached hydrogens (primary N) is 1. The number of benzene rings is 1. The average Bonchev–Trinajstić information content (AvgIpc) is 2.26. The van der Waals surface area contributed by atoms with Crippen LogP contribution in [0.4, 0.5) is 26.3 Å². The van der Waals surface area contributed by atoms with Gasteiger partial charge in [0.15, 0.2) is 5.92 Å². The van der Waals surface area contributed by atoms with Gasteiger partial charge in [0.2, 0.25) is 0 Å². The standard InChI is InChI=1S/C13H15F6N/c14-12(15,16)11(13(17,18)19)10(20)8-4-7-9-5-2-1-3-6-9/h1-3,5-6,10-11H,4,7-8,20H2. The van der Waals surface area contributed by atoms with Crippen molar-refractivity contribution < 1.29 is 26.3 Å². The van der Waals surface area contributed by atoms with Gasteiger partial charge < -0.3 is 5.73 Å². The molecule has 7 heteroatoms. The van der Waals surface area contributed by atoms with E-state index in [1.807, 2.05) is 0 Å². The van der Waals surface area contributed by atoms with Crippen LogP contribution in [0, 0.1) is 5.92 Å². The third-order valence-corrected chi connectivity index (χ3v) is 2.98. The normalized spacial score (nSPS) is 14.6. The van der Waals surface area contributed by atoms with Crippen molar-refractivity contribution in [2.24, 2.45) is 11.7 Å². The highest BCUT2D eigenvalue weighted by molar-refractivity contribution is 5.14. The first-order chi connectivity index (χ1) is 9.12. The third kappa shape index (κ3) is 5.03. The van der Waals surface area contributed by atoms with Crippen LogP contribution in [0.3, 0.4) is 0 Å². The number of aryl methyl sites for hydroxylation is 1. The van der Waals surface area contributed by atoms with E-state index in [1.165, 1.54) is 0 Å². The van der Waals surface area contributed by atoms with Crippen LogP contribution in [0.15, 0.2) is 30.3 Å². The Kier molecular flexibility index (Phi) is 5.44. The van der Waals surface area contributed by atoms with E-state index in [2.05, 4.69) is 0 Å². The summed E-state index contributed by atoms with van der Waals surface area (Å²) in [6.45, 7) is 0. The summed E-state index contributed by atoms with van der Waals surface area (Å²) in [6, 6.07) is 6.83. The van der Waals surface area contributed by atoms with Crippen LogP contribution in [0.2, 0.25) is 0 Å². The van der Waals surface area contributed by atoms with E-state index in [0.717, 1.165) is 5.56 Å². The van der Waals surface area contributed by atoms with Gasteiger partial charge >= 0.3 is 12.4 Å². The molecule has 0 aliphatic heterocycles. The number of alkyl halides is 6. The monoisotopic (exact) mass is 299 g/mol. The summed E-state index contributed by atoms with van der Waals surface area (Å²) in [7, 11) is 0. The first kappa shape index (κ1) is 16.8. The first-order valence-corrected chi connectivity index (χ1v) is 6.05. The van der Waals surface area contributed by atoms with Crippen molar-refractivity contribution in [3.05, 3.63) is 35.9 Å². The van der Waals surface area contributed by atoms with E-state index in [9.17, 15) is 26.3 Å². The molecule has 0 radical (unpaired) electrons. The lowest BCUT2D eigenvalue weighted by Gasteiger charge is -2.28. The molecule has 0 saturated heterocycles. The maximum atomic E-state index is 12.4. The minimum atomic E-state index is -5.37. The fourth-order valence-corrected chi connectivity index (χ4v) is 2.02. The van der Waals surface area contributed by atoms with Crippen molar-refractivity contribution >= 4 is 0 Å². The topological polar surface area (TPSA) is 26.0 Å². The van der Waals surface area contributed by atoms with Gasteiger partial charge in [-0.1, -0.05) is 30.3 Å². The third-order valence-electron chi connectivity index (χ3n) is 2.98. The Bertz CT molecular complexity index is 384. The number of hydrogen-bond donors (Lipinski definition) is 1. The predicted molar refractivity (Wildman–Crippen MR) is 63.0 cm³/mol. The molecule has 0 heterocycles. The lowest BCUT2D eigenvalue weighted by Crippen LogP contribution is -2.48. The molecule has 2 N–H and O–H groups in total. The molecule has 1 aromatic rings. The highest BCUT2D eigenvalue weighted by atomic mass is 19.4. The summed E-state index contributed by atoms with van der Waals surface area (Å²) in [5.74, 6) is -3.47. The predicted octanol–water partition coefficient (Wildman–Crippen LogP) is 4.08. The summed E-state index contributed by atoms with van der Waals surface area (Å²) < 4.78 is 74.5. The molecule has 1 nitrogen and oxygen atoms in total. The van der Waals surface area contributed by atoms with E-state index in [4.69, 9.17) is 5.73 Å². The lowest BCUT2D eigenvalue weighted by molar-refractivity contribution is -0.289. The second kappa shape index (κ2) is 6.47. The van der Waals surface area contributed by atoms with Crippen LogP contribution in [-0.4, -0.2) is 18.4 Å². The summed E-state index contributed by atoms with van der Waals surface area (Å²) in [6.07, 6.45) is -10.5. The molecule has 1 atom stereocenters. The largest absolute Gasteiger partial charge is 0.401 e. The zero-order valence-electron chi connectivity index (χ0n) is 10.5. The molecule has 0 aliphatic rings. The van der Waals surface area contributed by atoms with Crippen molar-refractivity contribution in [3.63, 3.8) is 0 Å². The van der Waals surface area contributed by atoms with Crippen LogP contribution in [-0.2, 0) is 6.42 Å². The zero-order chi connectivity index (χ0) is 15.4. The molecule has 1 aromatic carbocycles. The van der Waals surface area contributed by atoms with Crippen molar-refractivity contribution in [1.82, 2.24) is 0 Å². The zero-order valence-corrected chi connectivity index (χ0v) is 10.5. The molecule has 0 fully saturated rings.